The number of benzene rings is 2. The molecule has 0 bridgehead atoms. The minimum atomic E-state index is -0.341. The summed E-state index contributed by atoms with van der Waals surface area (Å²) in [6.45, 7) is 2.51. The average molecular weight is 423 g/mol. The molecule has 2 heterocycles. The molecule has 7 nitrogen and oxygen atoms in total. The van der Waals surface area contributed by atoms with Gasteiger partial charge in [-0.15, -0.1) is 0 Å². The molecule has 3 aromatic rings. The molecule has 1 aliphatic heterocycles. The normalized spacial score (nSPS) is 13.8. The zero-order chi connectivity index (χ0) is 21.1. The summed E-state index contributed by atoms with van der Waals surface area (Å²) < 4.78 is 6.45. The van der Waals surface area contributed by atoms with Crippen LogP contribution in [0.2, 0.25) is 0 Å². The summed E-state index contributed by atoms with van der Waals surface area (Å²) in [5.41, 5.74) is 1.69. The minimum absolute atomic E-state index is 0.159. The predicted octanol–water partition coefficient (Wildman–Crippen LogP) is 3.38. The lowest BCUT2D eigenvalue weighted by Gasteiger charge is -2.22. The fourth-order valence-corrected chi connectivity index (χ4v) is 4.32. The number of amides is 3. The maximum atomic E-state index is 13.2. The second-order valence-corrected chi connectivity index (χ2v) is 7.91. The highest BCUT2D eigenvalue weighted by molar-refractivity contribution is 7.22. The van der Waals surface area contributed by atoms with Crippen molar-refractivity contribution in [2.24, 2.45) is 0 Å². The lowest BCUT2D eigenvalue weighted by atomic mass is 10.2. The van der Waals surface area contributed by atoms with Crippen molar-refractivity contribution in [1.82, 2.24) is 9.88 Å². The molecule has 0 N–H and O–H groups in total. The van der Waals surface area contributed by atoms with Gasteiger partial charge in [-0.1, -0.05) is 41.7 Å². The fraction of sp³-hybridized carbons (Fsp3) is 0.273. The zero-order valence-corrected chi connectivity index (χ0v) is 17.4. The smallest absolute Gasteiger partial charge is 0.249 e. The van der Waals surface area contributed by atoms with Gasteiger partial charge in [0.1, 0.15) is 12.3 Å². The maximum absolute atomic E-state index is 13.2. The van der Waals surface area contributed by atoms with Crippen molar-refractivity contribution in [1.29, 1.82) is 0 Å². The zero-order valence-electron chi connectivity index (χ0n) is 16.5. The number of aromatic nitrogens is 1. The van der Waals surface area contributed by atoms with E-state index in [0.717, 1.165) is 26.4 Å². The number of thiazole rings is 1. The quantitative estimate of drug-likeness (QED) is 0.545. The molecule has 3 amide bonds. The van der Waals surface area contributed by atoms with Crippen molar-refractivity contribution >= 4 is 44.4 Å². The molecule has 0 radical (unpaired) electrons. The molecule has 0 spiro atoms. The Balaban J connectivity index is 1.66. The Hall–Kier alpha value is -3.26. The van der Waals surface area contributed by atoms with Gasteiger partial charge in [0, 0.05) is 12.8 Å². The van der Waals surface area contributed by atoms with Gasteiger partial charge in [0.05, 0.1) is 23.4 Å². The largest absolute Gasteiger partial charge is 0.494 e. The highest BCUT2D eigenvalue weighted by atomic mass is 32.1. The number of likely N-dealkylation sites (tertiary alicyclic amines) is 1. The molecule has 0 unspecified atom stereocenters. The summed E-state index contributed by atoms with van der Waals surface area (Å²) in [5.74, 6) is -0.210. The van der Waals surface area contributed by atoms with Crippen molar-refractivity contribution in [3.05, 3.63) is 54.1 Å². The number of imide groups is 1. The van der Waals surface area contributed by atoms with Crippen molar-refractivity contribution in [2.45, 2.75) is 26.3 Å². The summed E-state index contributed by atoms with van der Waals surface area (Å²) >= 11 is 1.38. The molecule has 0 saturated carbocycles. The van der Waals surface area contributed by atoms with Gasteiger partial charge < -0.3 is 4.74 Å². The molecule has 2 aromatic carbocycles. The number of carbonyl (C=O) groups is 3. The second kappa shape index (κ2) is 8.62. The Morgan fingerprint density at radius 2 is 1.87 bits per heavy atom. The van der Waals surface area contributed by atoms with Crippen LogP contribution >= 0.6 is 11.3 Å². The summed E-state index contributed by atoms with van der Waals surface area (Å²) in [4.78, 5) is 44.3. The van der Waals surface area contributed by atoms with E-state index in [4.69, 9.17) is 4.74 Å². The third-order valence-corrected chi connectivity index (χ3v) is 5.86. The molecular weight excluding hydrogens is 402 g/mol. The SMILES string of the molecule is CCOc1ccc2nc(N(Cc3ccccc3)C(=O)CN3C(=O)CCC3=O)sc2c1. The van der Waals surface area contributed by atoms with Gasteiger partial charge in [-0.25, -0.2) is 4.98 Å². The minimum Gasteiger partial charge on any atom is -0.494 e. The molecule has 154 valence electrons. The number of rotatable bonds is 7. The molecule has 1 fully saturated rings. The Labute approximate surface area is 177 Å². The van der Waals surface area contributed by atoms with Crippen LogP contribution in [0.1, 0.15) is 25.3 Å². The van der Waals surface area contributed by atoms with E-state index in [-0.39, 0.29) is 37.1 Å². The summed E-state index contributed by atoms with van der Waals surface area (Å²) in [6.07, 6.45) is 0.318. The van der Waals surface area contributed by atoms with Crippen LogP contribution in [-0.4, -0.2) is 40.8 Å². The second-order valence-electron chi connectivity index (χ2n) is 6.90. The predicted molar refractivity (Wildman–Crippen MR) is 114 cm³/mol. The van der Waals surface area contributed by atoms with Gasteiger partial charge in [-0.05, 0) is 30.7 Å². The lowest BCUT2D eigenvalue weighted by molar-refractivity contribution is -0.141. The first-order valence-electron chi connectivity index (χ1n) is 9.76. The molecule has 0 aliphatic carbocycles. The Bertz CT molecular complexity index is 1080. The average Bonchev–Trinajstić information content (AvgIpc) is 3.30. The van der Waals surface area contributed by atoms with E-state index in [0.29, 0.717) is 18.3 Å². The summed E-state index contributed by atoms with van der Waals surface area (Å²) in [7, 11) is 0. The van der Waals surface area contributed by atoms with E-state index in [1.165, 1.54) is 11.3 Å². The van der Waals surface area contributed by atoms with Crippen molar-refractivity contribution < 1.29 is 19.1 Å². The Kier molecular flexibility index (Phi) is 5.76. The topological polar surface area (TPSA) is 79.8 Å². The van der Waals surface area contributed by atoms with E-state index in [1.54, 1.807) is 4.90 Å². The number of fused-ring (bicyclic) bond motifs is 1. The molecule has 4 rings (SSSR count). The van der Waals surface area contributed by atoms with Crippen molar-refractivity contribution in [3.8, 4) is 5.75 Å². The van der Waals surface area contributed by atoms with E-state index in [2.05, 4.69) is 4.98 Å². The van der Waals surface area contributed by atoms with Crippen LogP contribution in [-0.2, 0) is 20.9 Å². The maximum Gasteiger partial charge on any atom is 0.249 e. The first-order chi connectivity index (χ1) is 14.5. The first-order valence-corrected chi connectivity index (χ1v) is 10.6. The van der Waals surface area contributed by atoms with E-state index in [9.17, 15) is 14.4 Å². The van der Waals surface area contributed by atoms with Gasteiger partial charge in [-0.3, -0.25) is 24.2 Å². The molecule has 1 aliphatic rings. The molecule has 0 atom stereocenters. The van der Waals surface area contributed by atoms with Gasteiger partial charge >= 0.3 is 0 Å². The Morgan fingerprint density at radius 3 is 2.57 bits per heavy atom. The van der Waals surface area contributed by atoms with Gasteiger partial charge in [0.2, 0.25) is 17.7 Å². The van der Waals surface area contributed by atoms with Crippen LogP contribution in [0.15, 0.2) is 48.5 Å². The van der Waals surface area contributed by atoms with E-state index in [1.807, 2.05) is 55.5 Å². The van der Waals surface area contributed by atoms with Gasteiger partial charge in [0.15, 0.2) is 5.13 Å². The van der Waals surface area contributed by atoms with Crippen LogP contribution in [0.25, 0.3) is 10.2 Å². The summed E-state index contributed by atoms with van der Waals surface area (Å²) in [5, 5.41) is 0.520. The monoisotopic (exact) mass is 423 g/mol. The molecule has 1 saturated heterocycles. The third-order valence-electron chi connectivity index (χ3n) is 4.82. The number of hydrogen-bond donors (Lipinski definition) is 0. The van der Waals surface area contributed by atoms with Crippen molar-refractivity contribution in [2.75, 3.05) is 18.1 Å². The fourth-order valence-electron chi connectivity index (χ4n) is 3.31. The first kappa shape index (κ1) is 20.0. The summed E-state index contributed by atoms with van der Waals surface area (Å²) in [6, 6.07) is 15.2. The van der Waals surface area contributed by atoms with Crippen LogP contribution < -0.4 is 9.64 Å². The lowest BCUT2D eigenvalue weighted by Crippen LogP contribution is -2.42. The number of anilines is 1. The third kappa shape index (κ3) is 4.18. The molecule has 1 aromatic heterocycles. The Morgan fingerprint density at radius 1 is 1.13 bits per heavy atom. The van der Waals surface area contributed by atoms with Gasteiger partial charge in [0.25, 0.3) is 0 Å². The van der Waals surface area contributed by atoms with Crippen LogP contribution in [0.3, 0.4) is 0 Å². The number of hydrogen-bond acceptors (Lipinski definition) is 6. The van der Waals surface area contributed by atoms with Crippen LogP contribution in [0, 0.1) is 0 Å². The number of ether oxygens (including phenoxy) is 1. The molecular formula is C22H21N3O4S. The highest BCUT2D eigenvalue weighted by Gasteiger charge is 2.32. The molecule has 30 heavy (non-hydrogen) atoms. The van der Waals surface area contributed by atoms with Crippen molar-refractivity contribution in [3.63, 3.8) is 0 Å². The highest BCUT2D eigenvalue weighted by Crippen LogP contribution is 2.32. The number of nitrogens with zero attached hydrogens (tertiary/aromatic N) is 3. The van der Waals surface area contributed by atoms with Crippen LogP contribution in [0.5, 0.6) is 5.75 Å². The van der Waals surface area contributed by atoms with E-state index >= 15 is 0 Å². The molecule has 8 heteroatoms. The number of carbonyl (C=O) groups excluding carboxylic acids is 3. The van der Waals surface area contributed by atoms with E-state index < -0.39 is 0 Å². The standard InChI is InChI=1S/C22H21N3O4S/c1-2-29-16-8-9-17-18(12-16)30-22(23-17)25(13-15-6-4-3-5-7-15)21(28)14-24-19(26)10-11-20(24)27/h3-9,12H,2,10-11,13-14H2,1H3. The van der Waals surface area contributed by atoms with Crippen LogP contribution in [0.4, 0.5) is 5.13 Å². The van der Waals surface area contributed by atoms with Gasteiger partial charge in [-0.2, -0.15) is 0 Å².